The number of rotatable bonds is 61. The fraction of sp³-hybridized carbons (Fsp3) is 0.826. The van der Waals surface area contributed by atoms with Crippen LogP contribution in [0.2, 0.25) is 0 Å². The second-order valence-corrected chi connectivity index (χ2v) is 22.2. The SMILES string of the molecule is CC/C=C\C/C=C\C/C=C\C/C=C\CCCCCCCCCCCCCCCCCCCCCCCCCCCCC(=O)OC(CO)COC(=O)CCCCCCCCCCC/C=C\CCCCCCCCCC. The molecule has 74 heavy (non-hydrogen) atoms. The molecule has 1 N–H and O–H groups in total. The molecule has 0 aliphatic carbocycles. The molecule has 0 heterocycles. The first-order valence-corrected chi connectivity index (χ1v) is 32.8. The van der Waals surface area contributed by atoms with Crippen LogP contribution in [0.15, 0.2) is 60.8 Å². The third kappa shape index (κ3) is 62.1. The van der Waals surface area contributed by atoms with E-state index < -0.39 is 6.10 Å². The molecular weight excluding hydrogens is 909 g/mol. The Bertz CT molecular complexity index is 1260. The molecule has 432 valence electrons. The quantitative estimate of drug-likeness (QED) is 0.0373. The highest BCUT2D eigenvalue weighted by Crippen LogP contribution is 2.18. The lowest BCUT2D eigenvalue weighted by Gasteiger charge is -2.15. The summed E-state index contributed by atoms with van der Waals surface area (Å²) in [4.78, 5) is 24.6. The van der Waals surface area contributed by atoms with Crippen molar-refractivity contribution >= 4 is 11.9 Å². The molecule has 1 unspecified atom stereocenters. The van der Waals surface area contributed by atoms with Crippen molar-refractivity contribution in [3.05, 3.63) is 60.8 Å². The standard InChI is InChI=1S/C69H126O5/c1-3-5-7-9-11-13-15-17-19-21-23-25-26-27-28-29-30-31-32-33-34-35-36-37-38-39-40-41-42-44-46-48-50-52-54-56-58-60-62-64-69(72)74-67(65-70)66-73-68(71)63-61-59-57-55-53-51-49-47-45-43-24-22-20-18-16-14-12-10-8-6-4-2/h5,7,11,13,17,19,22-25,67,70H,3-4,6,8-10,12,14-16,18,20-21,26-66H2,1-2H3/b7-5-,13-11-,19-17-,24-22-,25-23-. The maximum absolute atomic E-state index is 12.3. The summed E-state index contributed by atoms with van der Waals surface area (Å²) in [5, 5.41) is 9.68. The molecule has 0 amide bonds. The molecule has 0 saturated heterocycles. The van der Waals surface area contributed by atoms with E-state index >= 15 is 0 Å². The van der Waals surface area contributed by atoms with E-state index in [0.29, 0.717) is 12.8 Å². The Morgan fingerprint density at radius 3 is 0.892 bits per heavy atom. The highest BCUT2D eigenvalue weighted by Gasteiger charge is 2.16. The number of aliphatic hydroxyl groups is 1. The number of carbonyl (C=O) groups excluding carboxylic acids is 2. The van der Waals surface area contributed by atoms with Gasteiger partial charge in [0.1, 0.15) is 6.61 Å². The molecule has 0 spiro atoms. The number of unbranched alkanes of at least 4 members (excludes halogenated alkanes) is 43. The van der Waals surface area contributed by atoms with E-state index in [1.54, 1.807) is 0 Å². The largest absolute Gasteiger partial charge is 0.462 e. The maximum atomic E-state index is 12.3. The van der Waals surface area contributed by atoms with Crippen LogP contribution in [0.5, 0.6) is 0 Å². The predicted molar refractivity (Wildman–Crippen MR) is 325 cm³/mol. The van der Waals surface area contributed by atoms with Gasteiger partial charge < -0.3 is 14.6 Å². The molecule has 0 aromatic rings. The third-order valence-corrected chi connectivity index (χ3v) is 14.8. The number of esters is 2. The number of allylic oxidation sites excluding steroid dienone is 10. The van der Waals surface area contributed by atoms with E-state index in [4.69, 9.17) is 9.47 Å². The van der Waals surface area contributed by atoms with Gasteiger partial charge in [-0.3, -0.25) is 9.59 Å². The molecule has 5 nitrogen and oxygen atoms in total. The average molecular weight is 1040 g/mol. The molecule has 0 aliphatic rings. The second kappa shape index (κ2) is 64.9. The normalized spacial score (nSPS) is 12.5. The molecule has 0 aromatic carbocycles. The fourth-order valence-electron chi connectivity index (χ4n) is 9.90. The van der Waals surface area contributed by atoms with Crippen LogP contribution in [0, 0.1) is 0 Å². The number of aliphatic hydroxyl groups excluding tert-OH is 1. The van der Waals surface area contributed by atoms with Crippen molar-refractivity contribution in [1.82, 2.24) is 0 Å². The van der Waals surface area contributed by atoms with Crippen LogP contribution in [0.1, 0.15) is 348 Å². The lowest BCUT2D eigenvalue weighted by atomic mass is 10.0. The van der Waals surface area contributed by atoms with Crippen LogP contribution in [0.3, 0.4) is 0 Å². The Balaban J connectivity index is 3.39. The smallest absolute Gasteiger partial charge is 0.306 e. The first kappa shape index (κ1) is 71.6. The van der Waals surface area contributed by atoms with Crippen LogP contribution in [-0.4, -0.2) is 36.4 Å². The van der Waals surface area contributed by atoms with Crippen molar-refractivity contribution in [3.63, 3.8) is 0 Å². The molecule has 0 saturated carbocycles. The van der Waals surface area contributed by atoms with Gasteiger partial charge in [-0.15, -0.1) is 0 Å². The summed E-state index contributed by atoms with van der Waals surface area (Å²) in [6, 6.07) is 0. The Hall–Kier alpha value is -2.40. The zero-order valence-corrected chi connectivity index (χ0v) is 49.6. The predicted octanol–water partition coefficient (Wildman–Crippen LogP) is 22.5. The van der Waals surface area contributed by atoms with Crippen LogP contribution < -0.4 is 0 Å². The summed E-state index contributed by atoms with van der Waals surface area (Å²) in [5.41, 5.74) is 0. The minimum absolute atomic E-state index is 0.0625. The summed E-state index contributed by atoms with van der Waals surface area (Å²) >= 11 is 0. The molecule has 5 heteroatoms. The summed E-state index contributed by atoms with van der Waals surface area (Å²) in [7, 11) is 0. The van der Waals surface area contributed by atoms with Gasteiger partial charge in [-0.2, -0.15) is 0 Å². The van der Waals surface area contributed by atoms with E-state index in [-0.39, 0.29) is 25.2 Å². The topological polar surface area (TPSA) is 72.8 Å². The molecule has 0 rings (SSSR count). The Labute approximate surface area is 461 Å². The zero-order chi connectivity index (χ0) is 53.4. The van der Waals surface area contributed by atoms with Crippen LogP contribution in [0.25, 0.3) is 0 Å². The summed E-state index contributed by atoms with van der Waals surface area (Å²) in [6.07, 6.45) is 88.2. The molecule has 1 atom stereocenters. The van der Waals surface area contributed by atoms with Gasteiger partial charge in [0.15, 0.2) is 6.10 Å². The minimum atomic E-state index is -0.772. The first-order valence-electron chi connectivity index (χ1n) is 32.8. The van der Waals surface area contributed by atoms with Crippen molar-refractivity contribution in [3.8, 4) is 0 Å². The summed E-state index contributed by atoms with van der Waals surface area (Å²) in [6.45, 7) is 4.07. The molecule has 0 fully saturated rings. The van der Waals surface area contributed by atoms with Gasteiger partial charge in [-0.05, 0) is 77.0 Å². The van der Waals surface area contributed by atoms with E-state index in [1.165, 1.54) is 257 Å². The first-order chi connectivity index (χ1) is 36.6. The van der Waals surface area contributed by atoms with E-state index in [2.05, 4.69) is 74.6 Å². The lowest BCUT2D eigenvalue weighted by molar-refractivity contribution is -0.161. The summed E-state index contributed by atoms with van der Waals surface area (Å²) < 4.78 is 10.7. The summed E-state index contributed by atoms with van der Waals surface area (Å²) in [5.74, 6) is -0.574. The number of hydrogen-bond donors (Lipinski definition) is 1. The van der Waals surface area contributed by atoms with Gasteiger partial charge in [0.05, 0.1) is 6.61 Å². The van der Waals surface area contributed by atoms with Gasteiger partial charge in [0, 0.05) is 12.8 Å². The second-order valence-electron chi connectivity index (χ2n) is 22.2. The van der Waals surface area contributed by atoms with Crippen molar-refractivity contribution < 1.29 is 24.2 Å². The van der Waals surface area contributed by atoms with Gasteiger partial charge >= 0.3 is 11.9 Å². The van der Waals surface area contributed by atoms with Crippen molar-refractivity contribution in [2.75, 3.05) is 13.2 Å². The highest BCUT2D eigenvalue weighted by atomic mass is 16.6. The molecular formula is C69H126O5. The van der Waals surface area contributed by atoms with Gasteiger partial charge in [0.2, 0.25) is 0 Å². The van der Waals surface area contributed by atoms with Crippen molar-refractivity contribution in [2.45, 2.75) is 354 Å². The van der Waals surface area contributed by atoms with Gasteiger partial charge in [0.25, 0.3) is 0 Å². The lowest BCUT2D eigenvalue weighted by Crippen LogP contribution is -2.28. The number of ether oxygens (including phenoxy) is 2. The van der Waals surface area contributed by atoms with Crippen molar-refractivity contribution in [2.24, 2.45) is 0 Å². The number of hydrogen-bond acceptors (Lipinski definition) is 5. The van der Waals surface area contributed by atoms with E-state index in [9.17, 15) is 14.7 Å². The average Bonchev–Trinajstić information content (AvgIpc) is 3.40. The zero-order valence-electron chi connectivity index (χ0n) is 49.6. The number of carbonyl (C=O) groups is 2. The molecule has 0 aromatic heterocycles. The van der Waals surface area contributed by atoms with Crippen LogP contribution in [-0.2, 0) is 19.1 Å². The van der Waals surface area contributed by atoms with Gasteiger partial charge in [-0.25, -0.2) is 0 Å². The van der Waals surface area contributed by atoms with Crippen molar-refractivity contribution in [1.29, 1.82) is 0 Å². The third-order valence-electron chi connectivity index (χ3n) is 14.8. The van der Waals surface area contributed by atoms with Crippen LogP contribution >= 0.6 is 0 Å². The Morgan fingerprint density at radius 1 is 0.324 bits per heavy atom. The fourth-order valence-corrected chi connectivity index (χ4v) is 9.90. The molecule has 0 aliphatic heterocycles. The van der Waals surface area contributed by atoms with E-state index in [0.717, 1.165) is 64.2 Å². The van der Waals surface area contributed by atoms with Crippen LogP contribution in [0.4, 0.5) is 0 Å². The Morgan fingerprint density at radius 2 is 0.581 bits per heavy atom. The molecule has 0 radical (unpaired) electrons. The van der Waals surface area contributed by atoms with E-state index in [1.807, 2.05) is 0 Å². The highest BCUT2D eigenvalue weighted by molar-refractivity contribution is 5.70. The minimum Gasteiger partial charge on any atom is -0.462 e. The Kier molecular flexibility index (Phi) is 62.8. The maximum Gasteiger partial charge on any atom is 0.306 e. The molecule has 0 bridgehead atoms. The van der Waals surface area contributed by atoms with Gasteiger partial charge in [-0.1, -0.05) is 319 Å². The monoisotopic (exact) mass is 1030 g/mol.